The molecular formula is C12H17Cl2NS2. The van der Waals surface area contributed by atoms with Gasteiger partial charge in [-0.15, -0.1) is 23.5 Å². The highest BCUT2D eigenvalue weighted by Gasteiger charge is 2.14. The van der Waals surface area contributed by atoms with E-state index in [0.29, 0.717) is 10.0 Å². The number of hydrogen-bond acceptors (Lipinski definition) is 3. The second kappa shape index (κ2) is 7.67. The smallest absolute Gasteiger partial charge is 0.0620 e. The van der Waals surface area contributed by atoms with Crippen molar-refractivity contribution in [2.75, 3.05) is 17.2 Å². The predicted molar refractivity (Wildman–Crippen MR) is 82.9 cm³/mol. The number of halogens is 2. The Morgan fingerprint density at radius 3 is 1.76 bits per heavy atom. The van der Waals surface area contributed by atoms with Crippen LogP contribution in [0.15, 0.2) is 15.9 Å². The van der Waals surface area contributed by atoms with Crippen LogP contribution in [0.25, 0.3) is 0 Å². The van der Waals surface area contributed by atoms with Gasteiger partial charge in [-0.25, -0.2) is 0 Å². The van der Waals surface area contributed by atoms with Gasteiger partial charge in [0.2, 0.25) is 0 Å². The molecule has 0 atom stereocenters. The lowest BCUT2D eigenvalue weighted by molar-refractivity contribution is 1.10. The summed E-state index contributed by atoms with van der Waals surface area (Å²) >= 11 is 15.8. The van der Waals surface area contributed by atoms with Gasteiger partial charge in [0.25, 0.3) is 0 Å². The minimum Gasteiger partial charge on any atom is -0.397 e. The molecule has 2 N–H and O–H groups in total. The molecular weight excluding hydrogens is 293 g/mol. The summed E-state index contributed by atoms with van der Waals surface area (Å²) < 4.78 is 0. The van der Waals surface area contributed by atoms with Crippen molar-refractivity contribution in [1.29, 1.82) is 0 Å². The van der Waals surface area contributed by atoms with Gasteiger partial charge in [-0.3, -0.25) is 0 Å². The molecule has 96 valence electrons. The molecule has 1 nitrogen and oxygen atoms in total. The third-order valence-electron chi connectivity index (χ3n) is 2.08. The quantitative estimate of drug-likeness (QED) is 0.548. The number of anilines is 1. The van der Waals surface area contributed by atoms with Gasteiger partial charge in [0, 0.05) is 0 Å². The minimum absolute atomic E-state index is 0.659. The summed E-state index contributed by atoms with van der Waals surface area (Å²) in [6.07, 6.45) is 2.20. The Labute approximate surface area is 122 Å². The molecule has 1 aromatic rings. The Kier molecular flexibility index (Phi) is 6.93. The lowest BCUT2D eigenvalue weighted by atomic mass is 10.3. The van der Waals surface area contributed by atoms with Gasteiger partial charge < -0.3 is 5.73 Å². The molecule has 0 aliphatic carbocycles. The summed E-state index contributed by atoms with van der Waals surface area (Å²) in [5.74, 6) is 2.03. The van der Waals surface area contributed by atoms with Gasteiger partial charge >= 0.3 is 0 Å². The summed E-state index contributed by atoms with van der Waals surface area (Å²) in [7, 11) is 0. The van der Waals surface area contributed by atoms with E-state index in [9.17, 15) is 0 Å². The molecule has 0 amide bonds. The Morgan fingerprint density at radius 2 is 1.41 bits per heavy atom. The highest BCUT2D eigenvalue weighted by molar-refractivity contribution is 8.00. The van der Waals surface area contributed by atoms with Crippen molar-refractivity contribution in [3.8, 4) is 0 Å². The standard InChI is InChI=1S/C12H17Cl2NS2/c1-3-5-16-11-8(13)7-9(14)12(10(11)15)17-6-4-2/h7H,3-6,15H2,1-2H3. The fourth-order valence-electron chi connectivity index (χ4n) is 1.30. The first-order valence-electron chi connectivity index (χ1n) is 5.64. The van der Waals surface area contributed by atoms with E-state index in [1.165, 1.54) is 0 Å². The van der Waals surface area contributed by atoms with Crippen molar-refractivity contribution in [3.63, 3.8) is 0 Å². The normalized spacial score (nSPS) is 10.8. The van der Waals surface area contributed by atoms with E-state index in [-0.39, 0.29) is 0 Å². The SMILES string of the molecule is CCCSc1c(Cl)cc(Cl)c(SCCC)c1N. The lowest BCUT2D eigenvalue weighted by Crippen LogP contribution is -1.95. The highest BCUT2D eigenvalue weighted by Crippen LogP contribution is 2.43. The van der Waals surface area contributed by atoms with Crippen LogP contribution in [-0.2, 0) is 0 Å². The molecule has 1 aromatic carbocycles. The molecule has 0 aliphatic heterocycles. The Balaban J connectivity index is 3.04. The molecule has 5 heteroatoms. The first kappa shape index (κ1) is 15.4. The molecule has 0 fully saturated rings. The number of nitrogen functional groups attached to an aromatic ring is 1. The Hall–Kier alpha value is 0.300. The highest BCUT2D eigenvalue weighted by atomic mass is 35.5. The van der Waals surface area contributed by atoms with Crippen molar-refractivity contribution < 1.29 is 0 Å². The average Bonchev–Trinajstić information content (AvgIpc) is 2.28. The molecule has 17 heavy (non-hydrogen) atoms. The molecule has 0 aromatic heterocycles. The lowest BCUT2D eigenvalue weighted by Gasteiger charge is -2.13. The van der Waals surface area contributed by atoms with E-state index in [4.69, 9.17) is 28.9 Å². The summed E-state index contributed by atoms with van der Waals surface area (Å²) in [4.78, 5) is 1.94. The molecule has 0 unspecified atom stereocenters. The predicted octanol–water partition coefficient (Wildman–Crippen LogP) is 5.58. The zero-order valence-electron chi connectivity index (χ0n) is 10.1. The van der Waals surface area contributed by atoms with Gasteiger partial charge in [0.15, 0.2) is 0 Å². The zero-order valence-corrected chi connectivity index (χ0v) is 13.2. The van der Waals surface area contributed by atoms with Crippen molar-refractivity contribution >= 4 is 52.4 Å². The van der Waals surface area contributed by atoms with Crippen molar-refractivity contribution in [1.82, 2.24) is 0 Å². The van der Waals surface area contributed by atoms with Crippen LogP contribution in [0.3, 0.4) is 0 Å². The number of rotatable bonds is 6. The maximum Gasteiger partial charge on any atom is 0.0620 e. The van der Waals surface area contributed by atoms with E-state index in [2.05, 4.69) is 13.8 Å². The van der Waals surface area contributed by atoms with Gasteiger partial charge in [-0.05, 0) is 30.4 Å². The van der Waals surface area contributed by atoms with Crippen LogP contribution in [0.4, 0.5) is 5.69 Å². The minimum atomic E-state index is 0.659. The summed E-state index contributed by atoms with van der Waals surface area (Å²) in [5, 5.41) is 1.32. The van der Waals surface area contributed by atoms with Crippen LogP contribution in [0.1, 0.15) is 26.7 Å². The molecule has 1 rings (SSSR count). The van der Waals surface area contributed by atoms with Gasteiger partial charge in [-0.2, -0.15) is 0 Å². The van der Waals surface area contributed by atoms with Gasteiger partial charge in [0.1, 0.15) is 0 Å². The first-order chi connectivity index (χ1) is 8.11. The third kappa shape index (κ3) is 4.16. The third-order valence-corrected chi connectivity index (χ3v) is 5.58. The molecule has 0 aliphatic rings. The van der Waals surface area contributed by atoms with E-state index < -0.39 is 0 Å². The number of hydrogen-bond donors (Lipinski definition) is 1. The average molecular weight is 310 g/mol. The largest absolute Gasteiger partial charge is 0.397 e. The van der Waals surface area contributed by atoms with Gasteiger partial charge in [0.05, 0.1) is 25.5 Å². The number of thioether (sulfide) groups is 2. The van der Waals surface area contributed by atoms with Crippen LogP contribution in [0.5, 0.6) is 0 Å². The molecule has 0 heterocycles. The molecule has 0 saturated carbocycles. The topological polar surface area (TPSA) is 26.0 Å². The van der Waals surface area contributed by atoms with Crippen molar-refractivity contribution in [3.05, 3.63) is 16.1 Å². The van der Waals surface area contributed by atoms with E-state index in [0.717, 1.165) is 39.8 Å². The second-order valence-electron chi connectivity index (χ2n) is 3.61. The number of nitrogens with two attached hydrogens (primary N) is 1. The van der Waals surface area contributed by atoms with Crippen LogP contribution in [0.2, 0.25) is 10.0 Å². The monoisotopic (exact) mass is 309 g/mol. The molecule has 0 bridgehead atoms. The summed E-state index contributed by atoms with van der Waals surface area (Å²) in [5.41, 5.74) is 6.89. The molecule has 0 spiro atoms. The van der Waals surface area contributed by atoms with E-state index in [1.807, 2.05) is 0 Å². The maximum atomic E-state index is 6.18. The summed E-state index contributed by atoms with van der Waals surface area (Å²) in [6, 6.07) is 1.80. The molecule has 0 saturated heterocycles. The van der Waals surface area contributed by atoms with E-state index >= 15 is 0 Å². The van der Waals surface area contributed by atoms with Crippen LogP contribution in [0, 0.1) is 0 Å². The molecule has 0 radical (unpaired) electrons. The number of benzene rings is 1. The van der Waals surface area contributed by atoms with Crippen LogP contribution in [-0.4, -0.2) is 11.5 Å². The fraction of sp³-hybridized carbons (Fsp3) is 0.500. The second-order valence-corrected chi connectivity index (χ2v) is 6.63. The van der Waals surface area contributed by atoms with Crippen molar-refractivity contribution in [2.45, 2.75) is 36.5 Å². The summed E-state index contributed by atoms with van der Waals surface area (Å²) in [6.45, 7) is 4.28. The zero-order chi connectivity index (χ0) is 12.8. The van der Waals surface area contributed by atoms with E-state index in [1.54, 1.807) is 29.6 Å². The van der Waals surface area contributed by atoms with Gasteiger partial charge in [-0.1, -0.05) is 37.0 Å². The fourth-order valence-corrected chi connectivity index (χ4v) is 3.90. The van der Waals surface area contributed by atoms with Crippen LogP contribution < -0.4 is 5.73 Å². The Morgan fingerprint density at radius 1 is 1.00 bits per heavy atom. The Bertz CT molecular complexity index is 351. The maximum absolute atomic E-state index is 6.18. The first-order valence-corrected chi connectivity index (χ1v) is 8.37. The van der Waals surface area contributed by atoms with Crippen molar-refractivity contribution in [2.24, 2.45) is 0 Å². The van der Waals surface area contributed by atoms with Crippen LogP contribution >= 0.6 is 46.7 Å².